The van der Waals surface area contributed by atoms with Crippen molar-refractivity contribution in [3.63, 3.8) is 0 Å². The van der Waals surface area contributed by atoms with Crippen LogP contribution in [0.5, 0.6) is 0 Å². The number of carboxylic acids is 1. The number of ether oxygens (including phenoxy) is 1. The Morgan fingerprint density at radius 3 is 2.50 bits per heavy atom. The minimum Gasteiger partial charge on any atom is -0.479 e. The van der Waals surface area contributed by atoms with Crippen LogP contribution in [0.25, 0.3) is 0 Å². The number of hydrogen-bond acceptors (Lipinski definition) is 2. The maximum Gasteiger partial charge on any atom is 0.333 e. The quantitative estimate of drug-likeness (QED) is 0.832. The Morgan fingerprint density at radius 2 is 2.00 bits per heavy atom. The summed E-state index contributed by atoms with van der Waals surface area (Å²) in [6.45, 7) is 5.66. The van der Waals surface area contributed by atoms with Gasteiger partial charge in [0.1, 0.15) is 0 Å². The Labute approximate surface area is 96.1 Å². The van der Waals surface area contributed by atoms with Crippen LogP contribution in [0.15, 0.2) is 24.3 Å². The molecule has 3 nitrogen and oxygen atoms in total. The molecule has 88 valence electrons. The van der Waals surface area contributed by atoms with Crippen LogP contribution in [0.3, 0.4) is 0 Å². The van der Waals surface area contributed by atoms with Crippen LogP contribution in [0.4, 0.5) is 0 Å². The molecule has 0 aromatic heterocycles. The maximum absolute atomic E-state index is 11.0. The van der Waals surface area contributed by atoms with E-state index in [2.05, 4.69) is 0 Å². The Balaban J connectivity index is 2.76. The summed E-state index contributed by atoms with van der Waals surface area (Å²) in [4.78, 5) is 11.0. The van der Waals surface area contributed by atoms with Gasteiger partial charge in [-0.1, -0.05) is 24.3 Å². The van der Waals surface area contributed by atoms with E-state index in [0.29, 0.717) is 6.42 Å². The van der Waals surface area contributed by atoms with Crippen LogP contribution in [-0.4, -0.2) is 23.3 Å². The van der Waals surface area contributed by atoms with Crippen molar-refractivity contribution >= 4 is 5.97 Å². The van der Waals surface area contributed by atoms with Crippen molar-refractivity contribution in [2.75, 3.05) is 0 Å². The van der Waals surface area contributed by atoms with Gasteiger partial charge in [-0.3, -0.25) is 0 Å². The van der Waals surface area contributed by atoms with Crippen molar-refractivity contribution in [1.29, 1.82) is 0 Å². The van der Waals surface area contributed by atoms with E-state index in [1.807, 2.05) is 45.0 Å². The van der Waals surface area contributed by atoms with Crippen LogP contribution in [0.1, 0.15) is 25.0 Å². The zero-order chi connectivity index (χ0) is 12.1. The van der Waals surface area contributed by atoms with E-state index >= 15 is 0 Å². The summed E-state index contributed by atoms with van der Waals surface area (Å²) in [5, 5.41) is 9.05. The van der Waals surface area contributed by atoms with Gasteiger partial charge in [-0.25, -0.2) is 4.79 Å². The molecule has 3 heteroatoms. The van der Waals surface area contributed by atoms with E-state index in [0.717, 1.165) is 11.1 Å². The van der Waals surface area contributed by atoms with Gasteiger partial charge in [0.2, 0.25) is 0 Å². The monoisotopic (exact) mass is 222 g/mol. The summed E-state index contributed by atoms with van der Waals surface area (Å²) in [7, 11) is 0. The largest absolute Gasteiger partial charge is 0.479 e. The summed E-state index contributed by atoms with van der Waals surface area (Å²) in [5.74, 6) is -0.906. The minimum atomic E-state index is -0.906. The highest BCUT2D eigenvalue weighted by Crippen LogP contribution is 2.12. The molecular weight excluding hydrogens is 204 g/mol. The lowest BCUT2D eigenvalue weighted by molar-refractivity contribution is -0.153. The van der Waals surface area contributed by atoms with Crippen molar-refractivity contribution in [3.8, 4) is 0 Å². The first-order chi connectivity index (χ1) is 7.50. The molecule has 0 saturated heterocycles. The van der Waals surface area contributed by atoms with Crippen molar-refractivity contribution < 1.29 is 14.6 Å². The van der Waals surface area contributed by atoms with Crippen LogP contribution in [-0.2, 0) is 16.0 Å². The van der Waals surface area contributed by atoms with Gasteiger partial charge in [0, 0.05) is 6.42 Å². The summed E-state index contributed by atoms with van der Waals surface area (Å²) < 4.78 is 5.37. The van der Waals surface area contributed by atoms with Gasteiger partial charge < -0.3 is 9.84 Å². The molecule has 0 radical (unpaired) electrons. The fraction of sp³-hybridized carbons (Fsp3) is 0.462. The number of aryl methyl sites for hydroxylation is 1. The number of aliphatic carboxylic acids is 1. The molecule has 16 heavy (non-hydrogen) atoms. The smallest absolute Gasteiger partial charge is 0.333 e. The molecule has 0 amide bonds. The summed E-state index contributed by atoms with van der Waals surface area (Å²) in [6, 6.07) is 7.77. The Bertz CT molecular complexity index is 358. The Morgan fingerprint density at radius 1 is 1.38 bits per heavy atom. The van der Waals surface area contributed by atoms with Gasteiger partial charge in [-0.05, 0) is 31.9 Å². The average molecular weight is 222 g/mol. The summed E-state index contributed by atoms with van der Waals surface area (Å²) >= 11 is 0. The number of hydrogen-bond donors (Lipinski definition) is 1. The third kappa shape index (κ3) is 3.66. The first kappa shape index (κ1) is 12.7. The van der Waals surface area contributed by atoms with Crippen molar-refractivity contribution in [2.45, 2.75) is 39.4 Å². The molecule has 0 saturated carbocycles. The fourth-order valence-electron chi connectivity index (χ4n) is 1.56. The van der Waals surface area contributed by atoms with Crippen LogP contribution < -0.4 is 0 Å². The highest BCUT2D eigenvalue weighted by molar-refractivity contribution is 5.72. The number of carbonyl (C=O) groups is 1. The Kier molecular flexibility index (Phi) is 4.50. The molecule has 0 aliphatic carbocycles. The molecule has 0 aliphatic rings. The van der Waals surface area contributed by atoms with Gasteiger partial charge >= 0.3 is 5.97 Å². The third-order valence-corrected chi connectivity index (χ3v) is 2.38. The second-order valence-electron chi connectivity index (χ2n) is 4.14. The zero-order valence-corrected chi connectivity index (χ0v) is 9.93. The van der Waals surface area contributed by atoms with Gasteiger partial charge in [0.15, 0.2) is 6.10 Å². The molecule has 0 fully saturated rings. The highest BCUT2D eigenvalue weighted by atomic mass is 16.5. The first-order valence-electron chi connectivity index (χ1n) is 5.43. The molecule has 0 bridgehead atoms. The van der Waals surface area contributed by atoms with Crippen molar-refractivity contribution in [3.05, 3.63) is 35.4 Å². The summed E-state index contributed by atoms with van der Waals surface area (Å²) in [5.41, 5.74) is 2.12. The van der Waals surface area contributed by atoms with E-state index in [-0.39, 0.29) is 6.10 Å². The standard InChI is InChI=1S/C13H18O3/c1-9(2)16-12(13(14)15)8-11-7-5-4-6-10(11)3/h4-7,9,12H,8H2,1-3H3,(H,14,15)/t12-/m1/s1. The minimum absolute atomic E-state index is 0.0786. The molecule has 1 N–H and O–H groups in total. The second-order valence-corrected chi connectivity index (χ2v) is 4.14. The Hall–Kier alpha value is -1.35. The molecule has 1 aromatic carbocycles. The van der Waals surface area contributed by atoms with Crippen molar-refractivity contribution in [1.82, 2.24) is 0 Å². The van der Waals surface area contributed by atoms with E-state index in [1.165, 1.54) is 0 Å². The topological polar surface area (TPSA) is 46.5 Å². The molecule has 0 heterocycles. The molecule has 1 aromatic rings. The zero-order valence-electron chi connectivity index (χ0n) is 9.93. The summed E-state index contributed by atoms with van der Waals surface area (Å²) in [6.07, 6.45) is -0.425. The highest BCUT2D eigenvalue weighted by Gasteiger charge is 2.20. The number of benzene rings is 1. The van der Waals surface area contributed by atoms with Gasteiger partial charge in [0.25, 0.3) is 0 Å². The normalized spacial score (nSPS) is 12.8. The molecule has 0 spiro atoms. The van der Waals surface area contributed by atoms with Gasteiger partial charge in [-0.2, -0.15) is 0 Å². The molecular formula is C13H18O3. The van der Waals surface area contributed by atoms with E-state index < -0.39 is 12.1 Å². The predicted molar refractivity (Wildman–Crippen MR) is 62.5 cm³/mol. The lowest BCUT2D eigenvalue weighted by Gasteiger charge is -2.17. The van der Waals surface area contributed by atoms with E-state index in [9.17, 15) is 4.79 Å². The maximum atomic E-state index is 11.0. The molecule has 1 atom stereocenters. The number of rotatable bonds is 5. The van der Waals surface area contributed by atoms with Gasteiger partial charge in [-0.15, -0.1) is 0 Å². The van der Waals surface area contributed by atoms with Gasteiger partial charge in [0.05, 0.1) is 6.10 Å². The average Bonchev–Trinajstić information content (AvgIpc) is 2.19. The van der Waals surface area contributed by atoms with E-state index in [4.69, 9.17) is 9.84 Å². The van der Waals surface area contributed by atoms with Crippen LogP contribution in [0.2, 0.25) is 0 Å². The second kappa shape index (κ2) is 5.66. The lowest BCUT2D eigenvalue weighted by atomic mass is 10.0. The number of carboxylic acid groups (broad SMARTS) is 1. The first-order valence-corrected chi connectivity index (χ1v) is 5.43. The van der Waals surface area contributed by atoms with Crippen molar-refractivity contribution in [2.24, 2.45) is 0 Å². The van der Waals surface area contributed by atoms with Crippen LogP contribution in [0, 0.1) is 6.92 Å². The molecule has 1 rings (SSSR count). The lowest BCUT2D eigenvalue weighted by Crippen LogP contribution is -2.29. The van der Waals surface area contributed by atoms with Crippen LogP contribution >= 0.6 is 0 Å². The fourth-order valence-corrected chi connectivity index (χ4v) is 1.56. The third-order valence-electron chi connectivity index (χ3n) is 2.38. The SMILES string of the molecule is Cc1ccccc1C[C@@H](OC(C)C)C(=O)O. The predicted octanol–water partition coefficient (Wildman–Crippen LogP) is 2.42. The van der Waals surface area contributed by atoms with E-state index in [1.54, 1.807) is 0 Å². The molecule has 0 unspecified atom stereocenters. The molecule has 0 aliphatic heterocycles.